The topological polar surface area (TPSA) is 6.48 Å². The van der Waals surface area contributed by atoms with Crippen LogP contribution >= 0.6 is 0 Å². The van der Waals surface area contributed by atoms with Crippen molar-refractivity contribution in [3.05, 3.63) is 533 Å². The predicted molar refractivity (Wildman–Crippen MR) is 637 cm³/mol. The maximum absolute atomic E-state index is 2.47. The van der Waals surface area contributed by atoms with Gasteiger partial charge in [0.1, 0.15) is 0 Å². The number of hydrogen-bond donors (Lipinski definition) is 0. The van der Waals surface area contributed by atoms with Crippen molar-refractivity contribution in [1.82, 2.24) is 0 Å². The van der Waals surface area contributed by atoms with Crippen LogP contribution in [0, 0.1) is 0 Å². The van der Waals surface area contributed by atoms with Crippen LogP contribution in [0.4, 0.5) is 34.1 Å². The van der Waals surface area contributed by atoms with Gasteiger partial charge in [-0.3, -0.25) is 0 Å². The van der Waals surface area contributed by atoms with Crippen LogP contribution in [0.5, 0.6) is 0 Å². The molecule has 146 heavy (non-hydrogen) atoms. The third-order valence-corrected chi connectivity index (χ3v) is 35.8. The van der Waals surface area contributed by atoms with E-state index >= 15 is 0 Å². The first kappa shape index (κ1) is 92.9. The SMILES string of the molecule is CC(C)(C)c1cccc(-c2ccc3ccc(-c4ccc(N(c5ccc(-c6ccc7ccc(-c8ccccc8)cc7c6)cc5)c5ccc(-c6ccc7ccc(-c8ccc([Si](C)(C)C)cc8)cc7c6)cc5)cc4)cc3c2)c1.[CH3][Ge]([CH3])([CH3])[c]1cccc(-c2ccc(-c3ccc(N(c4ccc(-c5ccc(-c6ccccc6)c6ccccc56)cc4)c4ccc(-c5ccc(-c6ccccc6)c6ccccc56)cc4)cc3)c3ccccc23)c1. The zero-order valence-corrected chi connectivity index (χ0v) is 87.2. The van der Waals surface area contributed by atoms with Crippen molar-refractivity contribution in [2.75, 3.05) is 9.80 Å². The van der Waals surface area contributed by atoms with Gasteiger partial charge >= 0.3 is 163 Å². The minimum atomic E-state index is -2.02. The van der Waals surface area contributed by atoms with E-state index in [0.717, 1.165) is 34.1 Å². The molecule has 0 atom stereocenters. The molecule has 0 unspecified atom stereocenters. The molecule has 0 saturated heterocycles. The summed E-state index contributed by atoms with van der Waals surface area (Å²) in [6.45, 7) is 14.0. The van der Waals surface area contributed by atoms with Crippen molar-refractivity contribution in [1.29, 1.82) is 0 Å². The molecule has 0 bridgehead atoms. The molecular formula is C142H114GeN2Si. The molecule has 0 spiro atoms. The first-order valence-corrected chi connectivity index (χ1v) is 62.0. The molecule has 0 aromatic heterocycles. The van der Waals surface area contributed by atoms with Crippen molar-refractivity contribution in [2.24, 2.45) is 0 Å². The van der Waals surface area contributed by atoms with Crippen LogP contribution in [-0.2, 0) is 5.41 Å². The van der Waals surface area contributed by atoms with E-state index in [-0.39, 0.29) is 5.41 Å². The van der Waals surface area contributed by atoms with E-state index in [0.29, 0.717) is 0 Å². The van der Waals surface area contributed by atoms with Gasteiger partial charge in [-0.1, -0.05) is 391 Å². The molecule has 0 heterocycles. The fourth-order valence-electron chi connectivity index (χ4n) is 21.2. The predicted octanol–water partition coefficient (Wildman–Crippen LogP) is 39.6. The van der Waals surface area contributed by atoms with Gasteiger partial charge in [0, 0.05) is 28.4 Å². The maximum atomic E-state index is 2.47. The fourth-order valence-corrected chi connectivity index (χ4v) is 24.9. The molecule has 0 fully saturated rings. The van der Waals surface area contributed by atoms with E-state index in [9.17, 15) is 0 Å². The summed E-state index contributed by atoms with van der Waals surface area (Å²) >= 11 is -2.02. The van der Waals surface area contributed by atoms with E-state index in [1.54, 1.807) is 0 Å². The summed E-state index contributed by atoms with van der Waals surface area (Å²) < 4.78 is 1.53. The van der Waals surface area contributed by atoms with Gasteiger partial charge < -0.3 is 4.90 Å². The summed E-state index contributed by atoms with van der Waals surface area (Å²) in [6, 6.07) is 195. The van der Waals surface area contributed by atoms with Crippen molar-refractivity contribution in [3.63, 3.8) is 0 Å². The number of fused-ring (bicyclic) bond motifs is 6. The number of hydrogen-bond acceptors (Lipinski definition) is 2. The van der Waals surface area contributed by atoms with Crippen LogP contribution in [0.2, 0.25) is 36.9 Å². The molecule has 0 amide bonds. The van der Waals surface area contributed by atoms with Crippen molar-refractivity contribution in [3.8, 4) is 134 Å². The van der Waals surface area contributed by atoms with Crippen molar-refractivity contribution >= 4 is 130 Å². The third kappa shape index (κ3) is 19.2. The molecule has 0 aliphatic carbocycles. The molecule has 24 aromatic carbocycles. The second-order valence-electron chi connectivity index (χ2n) is 42.0. The van der Waals surface area contributed by atoms with Crippen LogP contribution in [0.25, 0.3) is 198 Å². The van der Waals surface area contributed by atoms with Gasteiger partial charge in [-0.25, -0.2) is 0 Å². The van der Waals surface area contributed by atoms with Crippen LogP contribution < -0.4 is 19.4 Å². The van der Waals surface area contributed by atoms with Crippen LogP contribution in [0.3, 0.4) is 0 Å². The second-order valence-corrected chi connectivity index (χ2v) is 57.7. The van der Waals surface area contributed by atoms with Crippen LogP contribution in [0.15, 0.2) is 528 Å². The Hall–Kier alpha value is -16.8. The molecule has 0 aliphatic heterocycles. The molecular weight excluding hydrogens is 1830 g/mol. The van der Waals surface area contributed by atoms with Gasteiger partial charge in [0.25, 0.3) is 0 Å². The average Bonchev–Trinajstić information content (AvgIpc) is 0.771. The molecule has 24 rings (SSSR count). The molecule has 700 valence electrons. The first-order chi connectivity index (χ1) is 71.2. The number of benzene rings is 24. The van der Waals surface area contributed by atoms with E-state index < -0.39 is 21.3 Å². The summed E-state index contributed by atoms with van der Waals surface area (Å²) in [7, 11) is -1.37. The van der Waals surface area contributed by atoms with Crippen molar-refractivity contribution < 1.29 is 0 Å². The van der Waals surface area contributed by atoms with Gasteiger partial charge in [0.15, 0.2) is 0 Å². The van der Waals surface area contributed by atoms with Crippen LogP contribution in [0.1, 0.15) is 26.3 Å². The first-order valence-electron chi connectivity index (χ1n) is 51.1. The summed E-state index contributed by atoms with van der Waals surface area (Å²) in [5, 5.41) is 16.4. The Balaban J connectivity index is 0.000000161. The monoisotopic (exact) mass is 1950 g/mol. The van der Waals surface area contributed by atoms with E-state index in [4.69, 9.17) is 0 Å². The van der Waals surface area contributed by atoms with Gasteiger partial charge in [0.05, 0.1) is 8.07 Å². The third-order valence-electron chi connectivity index (χ3n) is 29.4. The average molecular weight is 1950 g/mol. The summed E-state index contributed by atoms with van der Waals surface area (Å²) in [5.74, 6) is 7.41. The number of nitrogens with zero attached hydrogens (tertiary/aromatic N) is 2. The Labute approximate surface area is 862 Å². The summed E-state index contributed by atoms with van der Waals surface area (Å²) in [5.41, 5.74) is 37.3. The normalized spacial score (nSPS) is 11.7. The minimum absolute atomic E-state index is 0.0886. The van der Waals surface area contributed by atoms with E-state index in [1.165, 1.54) is 213 Å². The second kappa shape index (κ2) is 39.5. The molecule has 0 radical (unpaired) electrons. The van der Waals surface area contributed by atoms with Crippen LogP contribution in [-0.4, -0.2) is 21.3 Å². The molecule has 0 saturated carbocycles. The standard InChI is InChI=1S/C73H61NSi.C69H53GeN/c1-73(2,3)68-14-10-13-58(49-68)64-26-20-57-18-24-62(46-67(57)48-64)53-31-39-71(40-32-53)74(69-35-27-51(28-36-69)60-22-16-55-15-21-59(43-65(55)44-60)50-11-8-7-9-12-50)70-37-29-52(30-38-70)61-23-17-56-19-25-63(47-66(56)45-61)54-33-41-72(42-34-54)75(4,5)6;1-70(2,3)54-22-16-21-53(47-54)63-46-45-62(68-27-14-15-28-69(63)68)52-33-39-57(40-34-52)71(55-35-29-50(30-36-55)60-43-41-58(48-17-6-4-7-18-48)64-23-10-12-25-66(60)64)56-37-31-51(32-38-56)61-44-42-59(49-19-8-5-9-20-49)65-24-11-13-26-67(61)65/h7-49H,1-6H3;4-47H,1-3H3. The molecule has 0 N–H and O–H groups in total. The fraction of sp³-hybridized carbons (Fsp3) is 0.0704. The Kier molecular flexibility index (Phi) is 25.1. The van der Waals surface area contributed by atoms with Gasteiger partial charge in [-0.2, -0.15) is 0 Å². The Bertz CT molecular complexity index is 8780. The number of anilines is 6. The zero-order valence-electron chi connectivity index (χ0n) is 84.1. The van der Waals surface area contributed by atoms with Crippen molar-refractivity contribution in [2.45, 2.75) is 63.1 Å². The van der Waals surface area contributed by atoms with Gasteiger partial charge in [0.2, 0.25) is 0 Å². The Morgan fingerprint density at radius 2 is 0.384 bits per heavy atom. The molecule has 24 aromatic rings. The van der Waals surface area contributed by atoms with E-state index in [1.807, 2.05) is 0 Å². The summed E-state index contributed by atoms with van der Waals surface area (Å²) in [4.78, 5) is 4.76. The molecule has 0 aliphatic rings. The summed E-state index contributed by atoms with van der Waals surface area (Å²) in [6.07, 6.45) is 0. The quantitative estimate of drug-likeness (QED) is 0.0702. The van der Waals surface area contributed by atoms with E-state index in [2.05, 4.69) is 595 Å². The van der Waals surface area contributed by atoms with Gasteiger partial charge in [-0.15, -0.1) is 0 Å². The Morgan fingerprint density at radius 1 is 0.171 bits per heavy atom. The number of rotatable bonds is 20. The van der Waals surface area contributed by atoms with Gasteiger partial charge in [-0.05, 0) is 273 Å². The Morgan fingerprint density at radius 3 is 0.664 bits per heavy atom. The molecule has 2 nitrogen and oxygen atoms in total. The zero-order chi connectivity index (χ0) is 99.2. The molecule has 4 heteroatoms.